The second-order valence-corrected chi connectivity index (χ2v) is 7.79. The first-order valence-corrected chi connectivity index (χ1v) is 10.5. The topological polar surface area (TPSA) is 89.9 Å². The quantitative estimate of drug-likeness (QED) is 0.648. The molecule has 2 atom stereocenters. The predicted molar refractivity (Wildman–Crippen MR) is 119 cm³/mol. The maximum Gasteiger partial charge on any atom is 0.318 e. The third-order valence-corrected chi connectivity index (χ3v) is 5.55. The highest BCUT2D eigenvalue weighted by Crippen LogP contribution is 2.28. The Morgan fingerprint density at radius 2 is 1.61 bits per heavy atom. The van der Waals surface area contributed by atoms with Gasteiger partial charge in [-0.1, -0.05) is 42.2 Å². The van der Waals surface area contributed by atoms with Gasteiger partial charge < -0.3 is 20.4 Å². The van der Waals surface area contributed by atoms with Crippen LogP contribution in [0.2, 0.25) is 0 Å². The van der Waals surface area contributed by atoms with Crippen molar-refractivity contribution < 1.29 is 19.8 Å². The number of aliphatic hydroxyl groups is 2. The van der Waals surface area contributed by atoms with Gasteiger partial charge in [0, 0.05) is 24.2 Å². The van der Waals surface area contributed by atoms with E-state index in [1.165, 1.54) is 12.5 Å². The van der Waals surface area contributed by atoms with Crippen molar-refractivity contribution in [3.8, 4) is 11.8 Å². The average molecular weight is 421 g/mol. The molecule has 1 aliphatic heterocycles. The van der Waals surface area contributed by atoms with Crippen LogP contribution in [0.5, 0.6) is 0 Å². The molecule has 3 N–H and O–H groups in total. The van der Waals surface area contributed by atoms with Gasteiger partial charge in [0.15, 0.2) is 5.78 Å². The molecule has 0 radical (unpaired) electrons. The molecule has 1 aliphatic rings. The standard InChI is InChI=1S/C25H28N2O4/c1-18(29)24(23(30)17-28)26-25(31)27-15-13-22(14-16-27)21-11-9-20(10-12-21)8-7-19-5-3-2-4-6-19/h2-6,9-12,18,22,24,28-29H,13-17H2,1H3,(H,26,31)/t18-,24+/m0/s1. The fourth-order valence-corrected chi connectivity index (χ4v) is 3.71. The minimum absolute atomic E-state index is 0.354. The van der Waals surface area contributed by atoms with Crippen LogP contribution in [0.3, 0.4) is 0 Å². The number of carbonyl (C=O) groups excluding carboxylic acids is 2. The summed E-state index contributed by atoms with van der Waals surface area (Å²) in [7, 11) is 0. The van der Waals surface area contributed by atoms with E-state index in [0.29, 0.717) is 19.0 Å². The molecule has 162 valence electrons. The number of amides is 2. The van der Waals surface area contributed by atoms with Crippen LogP contribution < -0.4 is 5.32 Å². The Bertz CT molecular complexity index is 937. The van der Waals surface area contributed by atoms with Gasteiger partial charge in [0.25, 0.3) is 0 Å². The molecule has 2 aromatic carbocycles. The van der Waals surface area contributed by atoms with Crippen molar-refractivity contribution >= 4 is 11.8 Å². The van der Waals surface area contributed by atoms with Crippen LogP contribution >= 0.6 is 0 Å². The van der Waals surface area contributed by atoms with Gasteiger partial charge in [-0.05, 0) is 55.5 Å². The van der Waals surface area contributed by atoms with Crippen molar-refractivity contribution in [1.82, 2.24) is 10.2 Å². The number of aliphatic hydroxyl groups excluding tert-OH is 2. The second kappa shape index (κ2) is 10.8. The Kier molecular flexibility index (Phi) is 7.82. The normalized spacial score (nSPS) is 16.0. The lowest BCUT2D eigenvalue weighted by atomic mass is 9.89. The Balaban J connectivity index is 1.54. The summed E-state index contributed by atoms with van der Waals surface area (Å²) in [4.78, 5) is 25.8. The highest BCUT2D eigenvalue weighted by molar-refractivity contribution is 5.89. The molecule has 0 saturated carbocycles. The molecule has 3 rings (SSSR count). The van der Waals surface area contributed by atoms with Gasteiger partial charge in [0.1, 0.15) is 12.6 Å². The van der Waals surface area contributed by atoms with E-state index < -0.39 is 30.6 Å². The summed E-state index contributed by atoms with van der Waals surface area (Å²) in [5.41, 5.74) is 3.17. The minimum Gasteiger partial charge on any atom is -0.391 e. The van der Waals surface area contributed by atoms with Crippen LogP contribution in [-0.2, 0) is 4.79 Å². The zero-order valence-corrected chi connectivity index (χ0v) is 17.6. The maximum atomic E-state index is 12.5. The number of carbonyl (C=O) groups is 2. The number of rotatable bonds is 5. The smallest absolute Gasteiger partial charge is 0.318 e. The molecular weight excluding hydrogens is 392 g/mol. The van der Waals surface area contributed by atoms with E-state index in [9.17, 15) is 14.7 Å². The number of piperidine rings is 1. The number of nitrogens with zero attached hydrogens (tertiary/aromatic N) is 1. The fraction of sp³-hybridized carbons (Fsp3) is 0.360. The molecule has 0 unspecified atom stereocenters. The summed E-state index contributed by atoms with van der Waals surface area (Å²) in [6.45, 7) is 1.82. The second-order valence-electron chi connectivity index (χ2n) is 7.79. The lowest BCUT2D eigenvalue weighted by molar-refractivity contribution is -0.125. The first kappa shape index (κ1) is 22.5. The number of hydrogen-bond donors (Lipinski definition) is 3. The molecule has 6 nitrogen and oxygen atoms in total. The number of urea groups is 1. The van der Waals surface area contributed by atoms with E-state index in [0.717, 1.165) is 24.0 Å². The van der Waals surface area contributed by atoms with Crippen LogP contribution in [0.4, 0.5) is 4.79 Å². The third-order valence-electron chi connectivity index (χ3n) is 5.55. The van der Waals surface area contributed by atoms with Gasteiger partial charge in [0.2, 0.25) is 0 Å². The highest BCUT2D eigenvalue weighted by Gasteiger charge is 2.29. The molecule has 6 heteroatoms. The number of benzene rings is 2. The van der Waals surface area contributed by atoms with Crippen molar-refractivity contribution in [2.24, 2.45) is 0 Å². The van der Waals surface area contributed by atoms with Crippen molar-refractivity contribution in [2.75, 3.05) is 19.7 Å². The predicted octanol–water partition coefficient (Wildman–Crippen LogP) is 2.29. The third kappa shape index (κ3) is 6.17. The number of hydrogen-bond acceptors (Lipinski definition) is 4. The molecule has 0 aliphatic carbocycles. The van der Waals surface area contributed by atoms with E-state index in [2.05, 4.69) is 29.3 Å². The van der Waals surface area contributed by atoms with Gasteiger partial charge in [-0.2, -0.15) is 0 Å². The molecule has 2 aromatic rings. The first-order valence-electron chi connectivity index (χ1n) is 10.5. The van der Waals surface area contributed by atoms with Crippen molar-refractivity contribution in [3.63, 3.8) is 0 Å². The Morgan fingerprint density at radius 1 is 1.03 bits per heavy atom. The van der Waals surface area contributed by atoms with Crippen LogP contribution in [0, 0.1) is 11.8 Å². The van der Waals surface area contributed by atoms with Crippen LogP contribution in [0.1, 0.15) is 42.4 Å². The zero-order valence-electron chi connectivity index (χ0n) is 17.6. The van der Waals surface area contributed by atoms with Gasteiger partial charge in [-0.25, -0.2) is 4.79 Å². The molecule has 1 fully saturated rings. The van der Waals surface area contributed by atoms with Crippen LogP contribution in [-0.4, -0.2) is 58.8 Å². The van der Waals surface area contributed by atoms with E-state index in [1.54, 1.807) is 4.90 Å². The van der Waals surface area contributed by atoms with Gasteiger partial charge >= 0.3 is 6.03 Å². The number of ketones is 1. The monoisotopic (exact) mass is 420 g/mol. The summed E-state index contributed by atoms with van der Waals surface area (Å²) in [5.74, 6) is 6.08. The molecule has 0 bridgehead atoms. The van der Waals surface area contributed by atoms with Crippen LogP contribution in [0.25, 0.3) is 0 Å². The fourth-order valence-electron chi connectivity index (χ4n) is 3.71. The average Bonchev–Trinajstić information content (AvgIpc) is 2.81. The lowest BCUT2D eigenvalue weighted by Crippen LogP contribution is -2.54. The number of Topliss-reactive ketones (excluding diaryl/α,β-unsaturated/α-hetero) is 1. The van der Waals surface area contributed by atoms with Gasteiger partial charge in [-0.3, -0.25) is 4.79 Å². The Hall–Kier alpha value is -3.14. The summed E-state index contributed by atoms with van der Waals surface area (Å²) < 4.78 is 0. The summed E-state index contributed by atoms with van der Waals surface area (Å²) in [6, 6.07) is 16.6. The maximum absolute atomic E-state index is 12.5. The van der Waals surface area contributed by atoms with Crippen LogP contribution in [0.15, 0.2) is 54.6 Å². The SMILES string of the molecule is C[C@H](O)[C@@H](NC(=O)N1CCC(c2ccc(C#Cc3ccccc3)cc2)CC1)C(=O)CO. The van der Waals surface area contributed by atoms with E-state index in [-0.39, 0.29) is 0 Å². The molecule has 31 heavy (non-hydrogen) atoms. The molecule has 2 amide bonds. The Labute approximate surface area is 182 Å². The van der Waals surface area contributed by atoms with Crippen molar-refractivity contribution in [2.45, 2.75) is 37.8 Å². The highest BCUT2D eigenvalue weighted by atomic mass is 16.3. The van der Waals surface area contributed by atoms with Gasteiger partial charge in [-0.15, -0.1) is 0 Å². The largest absolute Gasteiger partial charge is 0.391 e. The summed E-state index contributed by atoms with van der Waals surface area (Å²) in [5, 5.41) is 21.3. The van der Waals surface area contributed by atoms with Crippen molar-refractivity contribution in [1.29, 1.82) is 0 Å². The van der Waals surface area contributed by atoms with Crippen molar-refractivity contribution in [3.05, 3.63) is 71.3 Å². The molecule has 1 saturated heterocycles. The molecule has 0 aromatic heterocycles. The number of nitrogens with one attached hydrogen (secondary N) is 1. The van der Waals surface area contributed by atoms with E-state index >= 15 is 0 Å². The first-order chi connectivity index (χ1) is 15.0. The summed E-state index contributed by atoms with van der Waals surface area (Å²) >= 11 is 0. The zero-order chi connectivity index (χ0) is 22.2. The molecule has 1 heterocycles. The van der Waals surface area contributed by atoms with E-state index in [1.807, 2.05) is 42.5 Å². The number of likely N-dealkylation sites (tertiary alicyclic amines) is 1. The Morgan fingerprint density at radius 3 is 2.16 bits per heavy atom. The minimum atomic E-state index is -1.10. The molecule has 0 spiro atoms. The molecular formula is C25H28N2O4. The van der Waals surface area contributed by atoms with Gasteiger partial charge in [0.05, 0.1) is 6.10 Å². The van der Waals surface area contributed by atoms with E-state index in [4.69, 9.17) is 5.11 Å². The summed E-state index contributed by atoms with van der Waals surface area (Å²) in [6.07, 6.45) is 0.565. The lowest BCUT2D eigenvalue weighted by Gasteiger charge is -2.33.